The molecule has 0 bridgehead atoms. The minimum atomic E-state index is -3.69. The van der Waals surface area contributed by atoms with E-state index in [0.717, 1.165) is 41.8 Å². The number of benzene rings is 2. The molecule has 3 rings (SSSR count). The molecule has 0 heterocycles. The molecule has 2 amide bonds. The molecule has 1 aliphatic rings. The maximum Gasteiger partial charge on any atom is 0.243 e. The Kier molecular flexibility index (Phi) is 11.8. The lowest BCUT2D eigenvalue weighted by atomic mass is 9.95. The number of sulfonamides is 1. The van der Waals surface area contributed by atoms with E-state index in [1.807, 2.05) is 19.1 Å². The van der Waals surface area contributed by atoms with E-state index in [4.69, 9.17) is 34.8 Å². The van der Waals surface area contributed by atoms with Crippen molar-refractivity contribution in [2.75, 3.05) is 17.1 Å². The van der Waals surface area contributed by atoms with Gasteiger partial charge in [-0.1, -0.05) is 73.1 Å². The van der Waals surface area contributed by atoms with Crippen LogP contribution in [0.25, 0.3) is 0 Å². The Morgan fingerprint density at radius 2 is 1.64 bits per heavy atom. The summed E-state index contributed by atoms with van der Waals surface area (Å²) in [5.41, 5.74) is 1.11. The van der Waals surface area contributed by atoms with Crippen LogP contribution in [-0.2, 0) is 26.2 Å². The molecule has 0 aromatic heterocycles. The van der Waals surface area contributed by atoms with Crippen LogP contribution in [0.2, 0.25) is 15.1 Å². The molecular formula is C28H36Cl3N3O4S. The van der Waals surface area contributed by atoms with Crippen LogP contribution in [0.5, 0.6) is 0 Å². The van der Waals surface area contributed by atoms with Crippen molar-refractivity contribution in [3.05, 3.63) is 63.1 Å². The molecule has 2 aromatic rings. The van der Waals surface area contributed by atoms with Gasteiger partial charge in [-0.15, -0.1) is 0 Å². The van der Waals surface area contributed by atoms with Gasteiger partial charge in [-0.2, -0.15) is 0 Å². The van der Waals surface area contributed by atoms with E-state index < -0.39 is 16.1 Å². The summed E-state index contributed by atoms with van der Waals surface area (Å²) in [4.78, 5) is 28.6. The predicted molar refractivity (Wildman–Crippen MR) is 159 cm³/mol. The van der Waals surface area contributed by atoms with E-state index in [2.05, 4.69) is 5.32 Å². The number of halogens is 3. The number of anilines is 1. The first-order valence-electron chi connectivity index (χ1n) is 13.3. The first-order chi connectivity index (χ1) is 18.5. The summed E-state index contributed by atoms with van der Waals surface area (Å²) in [6.07, 6.45) is 7.05. The van der Waals surface area contributed by atoms with Crippen molar-refractivity contribution in [2.45, 2.75) is 76.9 Å². The summed E-state index contributed by atoms with van der Waals surface area (Å²) in [7, 11) is -3.69. The van der Waals surface area contributed by atoms with Gasteiger partial charge in [0.05, 0.1) is 17.0 Å². The number of hydrogen-bond donors (Lipinski definition) is 1. The molecule has 1 aliphatic carbocycles. The van der Waals surface area contributed by atoms with E-state index in [1.165, 1.54) is 18.6 Å². The summed E-state index contributed by atoms with van der Waals surface area (Å²) in [6.45, 7) is 2.16. The van der Waals surface area contributed by atoms with Gasteiger partial charge in [0.1, 0.15) is 6.04 Å². The quantitative estimate of drug-likeness (QED) is 0.297. The van der Waals surface area contributed by atoms with Gasteiger partial charge in [0, 0.05) is 35.6 Å². The average Bonchev–Trinajstić information content (AvgIpc) is 2.89. The van der Waals surface area contributed by atoms with Gasteiger partial charge < -0.3 is 10.2 Å². The third-order valence-corrected chi connectivity index (χ3v) is 8.92. The predicted octanol–water partition coefficient (Wildman–Crippen LogP) is 6.45. The molecule has 7 nitrogen and oxygen atoms in total. The highest BCUT2D eigenvalue weighted by atomic mass is 35.5. The Balaban J connectivity index is 1.77. The standard InChI is InChI=1S/C28H36Cl3N3O4S/c1-3-25(28(36)32-23-8-5-4-6-9-23)33(19-20-11-13-21(29)14-12-20)27(35)10-7-17-34(39(2,37)38)26-18-22(30)15-16-24(26)31/h11-16,18,23,25H,3-10,17,19H2,1-2H3,(H,32,36)/t25-/m0/s1. The largest absolute Gasteiger partial charge is 0.352 e. The summed E-state index contributed by atoms with van der Waals surface area (Å²) in [5.74, 6) is -0.392. The molecule has 1 atom stereocenters. The molecule has 0 spiro atoms. The monoisotopic (exact) mass is 615 g/mol. The third kappa shape index (κ3) is 9.27. The number of rotatable bonds is 12. The lowest BCUT2D eigenvalue weighted by Gasteiger charge is -2.33. The smallest absolute Gasteiger partial charge is 0.243 e. The maximum atomic E-state index is 13.6. The molecule has 0 radical (unpaired) electrons. The van der Waals surface area contributed by atoms with Crippen LogP contribution in [0.15, 0.2) is 42.5 Å². The SMILES string of the molecule is CC[C@@H](C(=O)NC1CCCCC1)N(Cc1ccc(Cl)cc1)C(=O)CCCN(c1cc(Cl)ccc1Cl)S(C)(=O)=O. The molecule has 1 fully saturated rings. The molecule has 1 N–H and O–H groups in total. The van der Waals surface area contributed by atoms with Crippen molar-refractivity contribution in [1.82, 2.24) is 10.2 Å². The second-order valence-corrected chi connectivity index (χ2v) is 13.1. The Labute approximate surface area is 246 Å². The summed E-state index contributed by atoms with van der Waals surface area (Å²) in [5, 5.41) is 4.33. The minimum Gasteiger partial charge on any atom is -0.352 e. The normalized spacial score (nSPS) is 15.0. The molecule has 39 heavy (non-hydrogen) atoms. The van der Waals surface area contributed by atoms with E-state index in [1.54, 1.807) is 23.1 Å². The Morgan fingerprint density at radius 1 is 1.00 bits per heavy atom. The first kappa shape index (κ1) is 31.5. The van der Waals surface area contributed by atoms with Crippen LogP contribution < -0.4 is 9.62 Å². The van der Waals surface area contributed by atoms with Gasteiger partial charge >= 0.3 is 0 Å². The van der Waals surface area contributed by atoms with Crippen LogP contribution in [0, 0.1) is 0 Å². The Morgan fingerprint density at radius 3 is 2.26 bits per heavy atom. The van der Waals surface area contributed by atoms with Crippen LogP contribution in [0.1, 0.15) is 63.9 Å². The number of nitrogens with one attached hydrogen (secondary N) is 1. The first-order valence-corrected chi connectivity index (χ1v) is 16.2. The minimum absolute atomic E-state index is 0.0322. The molecule has 0 aliphatic heterocycles. The molecule has 11 heteroatoms. The van der Waals surface area contributed by atoms with Crippen LogP contribution in [-0.4, -0.2) is 50.0 Å². The van der Waals surface area contributed by atoms with Gasteiger partial charge in [0.25, 0.3) is 0 Å². The molecule has 0 unspecified atom stereocenters. The van der Waals surface area contributed by atoms with E-state index >= 15 is 0 Å². The zero-order chi connectivity index (χ0) is 28.6. The van der Waals surface area contributed by atoms with E-state index in [9.17, 15) is 18.0 Å². The number of carbonyl (C=O) groups excluding carboxylic acids is 2. The zero-order valence-electron chi connectivity index (χ0n) is 22.3. The van der Waals surface area contributed by atoms with Gasteiger partial charge in [-0.3, -0.25) is 13.9 Å². The molecule has 214 valence electrons. The zero-order valence-corrected chi connectivity index (χ0v) is 25.4. The van der Waals surface area contributed by atoms with Gasteiger partial charge in [0.15, 0.2) is 0 Å². The summed E-state index contributed by atoms with van der Waals surface area (Å²) in [6, 6.07) is 11.2. The van der Waals surface area contributed by atoms with Crippen molar-refractivity contribution in [2.24, 2.45) is 0 Å². The Bertz CT molecular complexity index is 1240. The fourth-order valence-electron chi connectivity index (χ4n) is 4.91. The van der Waals surface area contributed by atoms with Crippen molar-refractivity contribution in [3.63, 3.8) is 0 Å². The van der Waals surface area contributed by atoms with Gasteiger partial charge in [-0.25, -0.2) is 8.42 Å². The Hall–Kier alpha value is -2.00. The average molecular weight is 617 g/mol. The molecule has 0 saturated heterocycles. The van der Waals surface area contributed by atoms with Crippen molar-refractivity contribution in [1.29, 1.82) is 0 Å². The lowest BCUT2D eigenvalue weighted by Crippen LogP contribution is -2.51. The van der Waals surface area contributed by atoms with Gasteiger partial charge in [0.2, 0.25) is 21.8 Å². The van der Waals surface area contributed by atoms with E-state index in [-0.39, 0.29) is 54.5 Å². The van der Waals surface area contributed by atoms with Crippen LogP contribution in [0.4, 0.5) is 5.69 Å². The highest BCUT2D eigenvalue weighted by molar-refractivity contribution is 7.92. The fraction of sp³-hybridized carbons (Fsp3) is 0.500. The number of nitrogens with zero attached hydrogens (tertiary/aromatic N) is 2. The van der Waals surface area contributed by atoms with Crippen LogP contribution >= 0.6 is 34.8 Å². The van der Waals surface area contributed by atoms with Gasteiger partial charge in [-0.05, 0) is 61.6 Å². The number of hydrogen-bond acceptors (Lipinski definition) is 4. The maximum absolute atomic E-state index is 13.6. The van der Waals surface area contributed by atoms with Crippen molar-refractivity contribution < 1.29 is 18.0 Å². The molecule has 1 saturated carbocycles. The second-order valence-electron chi connectivity index (χ2n) is 9.95. The van der Waals surface area contributed by atoms with Crippen molar-refractivity contribution in [3.8, 4) is 0 Å². The highest BCUT2D eigenvalue weighted by Gasteiger charge is 2.30. The molecule has 2 aromatic carbocycles. The summed E-state index contributed by atoms with van der Waals surface area (Å²) >= 11 is 18.4. The fourth-order valence-corrected chi connectivity index (χ4v) is 6.44. The van der Waals surface area contributed by atoms with Crippen LogP contribution in [0.3, 0.4) is 0 Å². The lowest BCUT2D eigenvalue weighted by molar-refractivity contribution is -0.141. The van der Waals surface area contributed by atoms with Crippen molar-refractivity contribution >= 4 is 62.3 Å². The number of amides is 2. The van der Waals surface area contributed by atoms with E-state index in [0.29, 0.717) is 16.5 Å². The third-order valence-electron chi connectivity index (χ3n) is 6.93. The second kappa shape index (κ2) is 14.6. The molecular weight excluding hydrogens is 581 g/mol. The summed E-state index contributed by atoms with van der Waals surface area (Å²) < 4.78 is 26.3. The topological polar surface area (TPSA) is 86.8 Å². The number of carbonyl (C=O) groups is 2. The highest BCUT2D eigenvalue weighted by Crippen LogP contribution is 2.31.